The average Bonchev–Trinajstić information content (AvgIpc) is 3.06. The Bertz CT molecular complexity index is 957. The summed E-state index contributed by atoms with van der Waals surface area (Å²) in [4.78, 5) is 5.51. The van der Waals surface area contributed by atoms with Crippen LogP contribution in [0, 0.1) is 0 Å². The molecule has 0 saturated heterocycles. The summed E-state index contributed by atoms with van der Waals surface area (Å²) in [6.07, 6.45) is -5.64. The predicted octanol–water partition coefficient (Wildman–Crippen LogP) is 3.90. The number of nitrogens with zero attached hydrogens (tertiary/aromatic N) is 3. The second-order valence-corrected chi connectivity index (χ2v) is 7.06. The summed E-state index contributed by atoms with van der Waals surface area (Å²) in [5, 5.41) is 10.4. The third-order valence-electron chi connectivity index (χ3n) is 4.55. The second kappa shape index (κ2) is 9.44. The van der Waals surface area contributed by atoms with E-state index in [0.717, 1.165) is 10.1 Å². The minimum atomic E-state index is -4.61. The number of aromatic nitrogens is 2. The highest BCUT2D eigenvalue weighted by Gasteiger charge is 2.37. The molecule has 0 aliphatic heterocycles. The van der Waals surface area contributed by atoms with E-state index < -0.39 is 24.8 Å². The van der Waals surface area contributed by atoms with Gasteiger partial charge in [0.15, 0.2) is 0 Å². The summed E-state index contributed by atoms with van der Waals surface area (Å²) >= 11 is 0. The highest BCUT2D eigenvalue weighted by molar-refractivity contribution is 5.76. The molecule has 0 spiro atoms. The fourth-order valence-corrected chi connectivity index (χ4v) is 3.33. The van der Waals surface area contributed by atoms with E-state index in [1.807, 2.05) is 17.0 Å². The van der Waals surface area contributed by atoms with Crippen LogP contribution in [0.25, 0.3) is 11.0 Å². The monoisotopic (exact) mass is 425 g/mol. The van der Waals surface area contributed by atoms with Crippen LogP contribution in [0.15, 0.2) is 48.5 Å². The summed E-state index contributed by atoms with van der Waals surface area (Å²) < 4.78 is 58.5. The number of alkyl halides is 4. The number of aliphatic hydroxyl groups excluding tert-OH is 1. The van der Waals surface area contributed by atoms with Gasteiger partial charge in [-0.2, -0.15) is 13.2 Å². The first kappa shape index (κ1) is 22.0. The summed E-state index contributed by atoms with van der Waals surface area (Å²) in [5.41, 5.74) is 1.50. The van der Waals surface area contributed by atoms with Crippen molar-refractivity contribution in [1.29, 1.82) is 0 Å². The van der Waals surface area contributed by atoms with Gasteiger partial charge in [0, 0.05) is 13.1 Å². The lowest BCUT2D eigenvalue weighted by Crippen LogP contribution is -2.32. The lowest BCUT2D eigenvalue weighted by Gasteiger charge is -2.22. The van der Waals surface area contributed by atoms with E-state index >= 15 is 0 Å². The molecular formula is C21H23F4N3O2. The molecule has 9 heteroatoms. The Morgan fingerprint density at radius 3 is 2.50 bits per heavy atom. The first-order chi connectivity index (χ1) is 14.3. The quantitative estimate of drug-likeness (QED) is 0.529. The largest absolute Gasteiger partial charge is 0.491 e. The lowest BCUT2D eigenvalue weighted by molar-refractivity contribution is -0.147. The van der Waals surface area contributed by atoms with Gasteiger partial charge in [-0.15, -0.1) is 0 Å². The molecule has 0 fully saturated rings. The number of imidazole rings is 1. The number of benzene rings is 2. The molecule has 5 nitrogen and oxygen atoms in total. The van der Waals surface area contributed by atoms with Gasteiger partial charge >= 0.3 is 6.18 Å². The van der Waals surface area contributed by atoms with Gasteiger partial charge in [-0.05, 0) is 36.9 Å². The van der Waals surface area contributed by atoms with Gasteiger partial charge in [-0.1, -0.05) is 24.3 Å². The van der Waals surface area contributed by atoms with E-state index in [9.17, 15) is 22.7 Å². The zero-order valence-corrected chi connectivity index (χ0v) is 16.4. The molecule has 0 saturated carbocycles. The number of fused-ring (bicyclic) bond motifs is 1. The van der Waals surface area contributed by atoms with Crippen molar-refractivity contribution in [2.24, 2.45) is 0 Å². The number of hydrogen-bond acceptors (Lipinski definition) is 4. The molecule has 3 rings (SSSR count). The third-order valence-corrected chi connectivity index (χ3v) is 4.55. The molecule has 0 unspecified atom stereocenters. The maximum Gasteiger partial charge on any atom is 0.449 e. The van der Waals surface area contributed by atoms with Crippen LogP contribution in [0.4, 0.5) is 17.6 Å². The van der Waals surface area contributed by atoms with Crippen LogP contribution >= 0.6 is 0 Å². The van der Waals surface area contributed by atoms with Gasteiger partial charge in [0.2, 0.25) is 5.82 Å². The zero-order chi connectivity index (χ0) is 21.7. The minimum absolute atomic E-state index is 0.00567. The van der Waals surface area contributed by atoms with E-state index in [1.54, 1.807) is 37.4 Å². The van der Waals surface area contributed by atoms with Gasteiger partial charge in [0.05, 0.1) is 23.7 Å². The summed E-state index contributed by atoms with van der Waals surface area (Å²) in [6, 6.07) is 13.4. The molecule has 0 aliphatic carbocycles. The Morgan fingerprint density at radius 1 is 1.13 bits per heavy atom. The topological polar surface area (TPSA) is 50.5 Å². The summed E-state index contributed by atoms with van der Waals surface area (Å²) in [7, 11) is 1.77. The van der Waals surface area contributed by atoms with Crippen molar-refractivity contribution < 1.29 is 27.4 Å². The molecule has 2 aromatic carbocycles. The van der Waals surface area contributed by atoms with Gasteiger partial charge in [0.1, 0.15) is 19.0 Å². The number of halogens is 4. The molecule has 1 atom stereocenters. The number of aliphatic hydroxyl groups is 1. The SMILES string of the molecule is CN(Cc1ccc(OCCF)cc1)C[C@H](O)Cn1c(C(F)(F)F)nc2ccccc21. The normalized spacial score (nSPS) is 13.2. The van der Waals surface area contributed by atoms with Crippen LogP contribution in [0.1, 0.15) is 11.4 Å². The van der Waals surface area contributed by atoms with Gasteiger partial charge in [-0.25, -0.2) is 9.37 Å². The van der Waals surface area contributed by atoms with Crippen molar-refractivity contribution >= 4 is 11.0 Å². The first-order valence-corrected chi connectivity index (χ1v) is 9.44. The minimum Gasteiger partial charge on any atom is -0.491 e. The fraction of sp³-hybridized carbons (Fsp3) is 0.381. The molecule has 30 heavy (non-hydrogen) atoms. The maximum absolute atomic E-state index is 13.4. The van der Waals surface area contributed by atoms with E-state index in [0.29, 0.717) is 17.8 Å². The smallest absolute Gasteiger partial charge is 0.449 e. The maximum atomic E-state index is 13.4. The number of likely N-dealkylation sites (N-methyl/N-ethyl adjacent to an activating group) is 1. The van der Waals surface area contributed by atoms with E-state index in [4.69, 9.17) is 4.74 Å². The van der Waals surface area contributed by atoms with Crippen LogP contribution in [-0.4, -0.2) is 52.5 Å². The van der Waals surface area contributed by atoms with Crippen molar-refractivity contribution in [2.45, 2.75) is 25.4 Å². The molecule has 162 valence electrons. The van der Waals surface area contributed by atoms with E-state index in [-0.39, 0.29) is 25.2 Å². The molecule has 0 aliphatic rings. The number of para-hydroxylation sites is 2. The van der Waals surface area contributed by atoms with Crippen LogP contribution in [-0.2, 0) is 19.3 Å². The summed E-state index contributed by atoms with van der Waals surface area (Å²) in [5.74, 6) is -0.458. The van der Waals surface area contributed by atoms with Crippen LogP contribution in [0.3, 0.4) is 0 Å². The zero-order valence-electron chi connectivity index (χ0n) is 16.4. The molecule has 0 radical (unpaired) electrons. The van der Waals surface area contributed by atoms with Crippen LogP contribution < -0.4 is 4.74 Å². The molecule has 1 heterocycles. The standard InChI is InChI=1S/C21H23F4N3O2/c1-27(12-15-6-8-17(9-7-15)30-11-10-22)13-16(29)14-28-19-5-3-2-4-18(19)26-20(28)21(23,24)25/h2-9,16,29H,10-14H2,1H3/t16-/m0/s1. The van der Waals surface area contributed by atoms with Crippen molar-refractivity contribution in [1.82, 2.24) is 14.5 Å². The molecule has 1 aromatic heterocycles. The highest BCUT2D eigenvalue weighted by Crippen LogP contribution is 2.31. The van der Waals surface area contributed by atoms with Crippen LogP contribution in [0.5, 0.6) is 5.75 Å². The highest BCUT2D eigenvalue weighted by atomic mass is 19.4. The molecule has 0 amide bonds. The predicted molar refractivity (Wildman–Crippen MR) is 105 cm³/mol. The van der Waals surface area contributed by atoms with Crippen molar-refractivity contribution in [3.05, 3.63) is 59.9 Å². The molecule has 1 N–H and O–H groups in total. The Morgan fingerprint density at radius 2 is 1.83 bits per heavy atom. The first-order valence-electron chi connectivity index (χ1n) is 9.44. The Hall–Kier alpha value is -2.65. The Labute approximate surface area is 171 Å². The Balaban J connectivity index is 1.65. The van der Waals surface area contributed by atoms with Gasteiger partial charge < -0.3 is 14.4 Å². The van der Waals surface area contributed by atoms with Crippen molar-refractivity contribution in [3.8, 4) is 5.75 Å². The number of ether oxygens (including phenoxy) is 1. The molecular weight excluding hydrogens is 402 g/mol. The van der Waals surface area contributed by atoms with Crippen LogP contribution in [0.2, 0.25) is 0 Å². The summed E-state index contributed by atoms with van der Waals surface area (Å²) in [6.45, 7) is -0.143. The fourth-order valence-electron chi connectivity index (χ4n) is 3.33. The molecule has 3 aromatic rings. The second-order valence-electron chi connectivity index (χ2n) is 7.06. The van der Waals surface area contributed by atoms with Gasteiger partial charge in [-0.3, -0.25) is 4.90 Å². The van der Waals surface area contributed by atoms with E-state index in [1.165, 1.54) is 6.07 Å². The Kier molecular flexibility index (Phi) is 6.94. The van der Waals surface area contributed by atoms with E-state index in [2.05, 4.69) is 4.98 Å². The average molecular weight is 425 g/mol. The third kappa shape index (κ3) is 5.48. The van der Waals surface area contributed by atoms with Crippen molar-refractivity contribution in [3.63, 3.8) is 0 Å². The number of rotatable bonds is 9. The van der Waals surface area contributed by atoms with Crippen molar-refractivity contribution in [2.75, 3.05) is 26.9 Å². The number of hydrogen-bond donors (Lipinski definition) is 1. The molecule has 0 bridgehead atoms. The van der Waals surface area contributed by atoms with Gasteiger partial charge in [0.25, 0.3) is 0 Å². The lowest BCUT2D eigenvalue weighted by atomic mass is 10.2.